The number of benzene rings is 1. The van der Waals surface area contributed by atoms with Gasteiger partial charge >= 0.3 is 0 Å². The molecule has 0 saturated carbocycles. The summed E-state index contributed by atoms with van der Waals surface area (Å²) in [5.74, 6) is -2.62. The summed E-state index contributed by atoms with van der Waals surface area (Å²) in [6, 6.07) is 3.24. The average Bonchev–Trinajstić information content (AvgIpc) is 2.42. The third-order valence-corrected chi connectivity index (χ3v) is 2.99. The zero-order valence-corrected chi connectivity index (χ0v) is 10.1. The van der Waals surface area contributed by atoms with Crippen LogP contribution in [0.15, 0.2) is 18.2 Å². The lowest BCUT2D eigenvalue weighted by molar-refractivity contribution is -0.143. The van der Waals surface area contributed by atoms with Gasteiger partial charge < -0.3 is 4.84 Å². The molecule has 1 fully saturated rings. The monoisotopic (exact) mass is 272 g/mol. The summed E-state index contributed by atoms with van der Waals surface area (Å²) in [7, 11) is 0. The highest BCUT2D eigenvalue weighted by Gasteiger charge is 2.26. The van der Waals surface area contributed by atoms with Crippen molar-refractivity contribution >= 4 is 5.91 Å². The highest BCUT2D eigenvalue weighted by Crippen LogP contribution is 2.21. The Balaban J connectivity index is 1.98. The number of piperidine rings is 1. The molecule has 0 spiro atoms. The Bertz CT molecular complexity index is 470. The van der Waals surface area contributed by atoms with E-state index >= 15 is 0 Å². The molecular formula is C12H14F2N2O3. The fourth-order valence-corrected chi connectivity index (χ4v) is 2.01. The molecule has 0 aromatic heterocycles. The molecule has 1 aliphatic rings. The summed E-state index contributed by atoms with van der Waals surface area (Å²) < 4.78 is 25.8. The molecule has 19 heavy (non-hydrogen) atoms. The first-order chi connectivity index (χ1) is 9.10. The van der Waals surface area contributed by atoms with Crippen LogP contribution in [0.2, 0.25) is 0 Å². The van der Waals surface area contributed by atoms with Crippen molar-refractivity contribution in [3.63, 3.8) is 0 Å². The summed E-state index contributed by atoms with van der Waals surface area (Å²) in [6.07, 6.45) is 1.35. The Morgan fingerprint density at radius 2 is 2.21 bits per heavy atom. The molecule has 1 amide bonds. The Hall–Kier alpha value is -1.73. The third kappa shape index (κ3) is 3.39. The van der Waals surface area contributed by atoms with Crippen LogP contribution in [0.25, 0.3) is 0 Å². The number of nitrogens with one attached hydrogen (secondary N) is 1. The Labute approximate surface area is 108 Å². The number of halogens is 2. The SMILES string of the molecule is O=C(NO)C1CCCN(Oc2ccc(F)c(F)c2)C1. The van der Waals surface area contributed by atoms with E-state index in [0.717, 1.165) is 12.1 Å². The molecule has 1 atom stereocenters. The zero-order valence-electron chi connectivity index (χ0n) is 10.1. The van der Waals surface area contributed by atoms with Crippen LogP contribution in [0, 0.1) is 17.6 Å². The summed E-state index contributed by atoms with van der Waals surface area (Å²) in [5, 5.41) is 10.1. The molecular weight excluding hydrogens is 258 g/mol. The third-order valence-electron chi connectivity index (χ3n) is 2.99. The van der Waals surface area contributed by atoms with Crippen LogP contribution >= 0.6 is 0 Å². The number of carbonyl (C=O) groups is 1. The number of hydroxylamine groups is 3. The average molecular weight is 272 g/mol. The number of nitrogens with zero attached hydrogens (tertiary/aromatic N) is 1. The fraction of sp³-hybridized carbons (Fsp3) is 0.417. The van der Waals surface area contributed by atoms with Crippen molar-refractivity contribution in [2.24, 2.45) is 5.92 Å². The molecule has 104 valence electrons. The van der Waals surface area contributed by atoms with Crippen LogP contribution in [0.1, 0.15) is 12.8 Å². The van der Waals surface area contributed by atoms with Crippen LogP contribution in [-0.4, -0.2) is 29.3 Å². The summed E-state index contributed by atoms with van der Waals surface area (Å²) in [4.78, 5) is 16.7. The van der Waals surface area contributed by atoms with Gasteiger partial charge in [-0.2, -0.15) is 0 Å². The molecule has 1 unspecified atom stereocenters. The van der Waals surface area contributed by atoms with E-state index in [1.807, 2.05) is 0 Å². The maximum Gasteiger partial charge on any atom is 0.247 e. The normalized spacial score (nSPS) is 20.1. The zero-order chi connectivity index (χ0) is 13.8. The first-order valence-electron chi connectivity index (χ1n) is 5.92. The Morgan fingerprint density at radius 3 is 2.89 bits per heavy atom. The lowest BCUT2D eigenvalue weighted by atomic mass is 9.99. The first kappa shape index (κ1) is 13.7. The predicted molar refractivity (Wildman–Crippen MR) is 61.2 cm³/mol. The lowest BCUT2D eigenvalue weighted by Gasteiger charge is -2.30. The molecule has 1 aliphatic heterocycles. The van der Waals surface area contributed by atoms with Gasteiger partial charge in [0.25, 0.3) is 0 Å². The molecule has 1 heterocycles. The molecule has 2 N–H and O–H groups in total. The quantitative estimate of drug-likeness (QED) is 0.646. The second kappa shape index (κ2) is 5.94. The van der Waals surface area contributed by atoms with Gasteiger partial charge in [0.2, 0.25) is 5.91 Å². The van der Waals surface area contributed by atoms with E-state index in [1.54, 1.807) is 5.48 Å². The van der Waals surface area contributed by atoms with Crippen molar-refractivity contribution in [1.29, 1.82) is 0 Å². The van der Waals surface area contributed by atoms with Crippen molar-refractivity contribution in [3.8, 4) is 5.75 Å². The van der Waals surface area contributed by atoms with Crippen LogP contribution < -0.4 is 10.3 Å². The maximum absolute atomic E-state index is 13.0. The highest BCUT2D eigenvalue weighted by atomic mass is 19.2. The molecule has 1 aromatic rings. The van der Waals surface area contributed by atoms with E-state index < -0.39 is 17.5 Å². The summed E-state index contributed by atoms with van der Waals surface area (Å²) in [5.41, 5.74) is 1.60. The number of carbonyl (C=O) groups excluding carboxylic acids is 1. The van der Waals surface area contributed by atoms with E-state index in [2.05, 4.69) is 0 Å². The molecule has 0 bridgehead atoms. The minimum atomic E-state index is -0.987. The molecule has 1 aromatic carbocycles. The molecule has 2 rings (SSSR count). The van der Waals surface area contributed by atoms with Gasteiger partial charge in [0, 0.05) is 19.2 Å². The molecule has 0 aliphatic carbocycles. The van der Waals surface area contributed by atoms with Crippen LogP contribution in [0.4, 0.5) is 8.78 Å². The van der Waals surface area contributed by atoms with Gasteiger partial charge in [0.15, 0.2) is 17.4 Å². The molecule has 1 saturated heterocycles. The smallest absolute Gasteiger partial charge is 0.247 e. The van der Waals surface area contributed by atoms with E-state index in [9.17, 15) is 13.6 Å². The highest BCUT2D eigenvalue weighted by molar-refractivity contribution is 5.77. The lowest BCUT2D eigenvalue weighted by Crippen LogP contribution is -2.43. The van der Waals surface area contributed by atoms with Crippen molar-refractivity contribution in [3.05, 3.63) is 29.8 Å². The maximum atomic E-state index is 13.0. The first-order valence-corrected chi connectivity index (χ1v) is 5.92. The van der Waals surface area contributed by atoms with Gasteiger partial charge in [0.1, 0.15) is 0 Å². The van der Waals surface area contributed by atoms with Gasteiger partial charge in [-0.15, -0.1) is 5.06 Å². The second-order valence-electron chi connectivity index (χ2n) is 4.37. The number of rotatable bonds is 3. The van der Waals surface area contributed by atoms with Crippen LogP contribution in [0.3, 0.4) is 0 Å². The van der Waals surface area contributed by atoms with Gasteiger partial charge in [-0.25, -0.2) is 14.3 Å². The van der Waals surface area contributed by atoms with E-state index in [1.165, 1.54) is 11.1 Å². The number of hydrogen-bond donors (Lipinski definition) is 2. The van der Waals surface area contributed by atoms with Crippen molar-refractivity contribution in [2.45, 2.75) is 12.8 Å². The molecule has 5 nitrogen and oxygen atoms in total. The van der Waals surface area contributed by atoms with Crippen molar-refractivity contribution in [1.82, 2.24) is 10.5 Å². The second-order valence-corrected chi connectivity index (χ2v) is 4.37. The fourth-order valence-electron chi connectivity index (χ4n) is 2.01. The van der Waals surface area contributed by atoms with E-state index in [4.69, 9.17) is 10.0 Å². The van der Waals surface area contributed by atoms with Gasteiger partial charge in [0.05, 0.1) is 5.92 Å². The number of hydrogen-bond acceptors (Lipinski definition) is 4. The van der Waals surface area contributed by atoms with Crippen LogP contribution in [0.5, 0.6) is 5.75 Å². The van der Waals surface area contributed by atoms with Gasteiger partial charge in [-0.3, -0.25) is 10.0 Å². The Kier molecular flexibility index (Phi) is 4.28. The molecule has 0 radical (unpaired) electrons. The largest absolute Gasteiger partial charge is 0.406 e. The van der Waals surface area contributed by atoms with Crippen LogP contribution in [-0.2, 0) is 4.79 Å². The summed E-state index contributed by atoms with van der Waals surface area (Å²) >= 11 is 0. The van der Waals surface area contributed by atoms with Crippen molar-refractivity contribution in [2.75, 3.05) is 13.1 Å². The topological polar surface area (TPSA) is 61.8 Å². The van der Waals surface area contributed by atoms with E-state index in [-0.39, 0.29) is 18.2 Å². The minimum Gasteiger partial charge on any atom is -0.406 e. The van der Waals surface area contributed by atoms with E-state index in [0.29, 0.717) is 19.4 Å². The van der Waals surface area contributed by atoms with Crippen molar-refractivity contribution < 1.29 is 23.6 Å². The number of amides is 1. The Morgan fingerprint density at radius 1 is 1.42 bits per heavy atom. The van der Waals surface area contributed by atoms with Gasteiger partial charge in [-0.1, -0.05) is 0 Å². The minimum absolute atomic E-state index is 0.170. The molecule has 7 heteroatoms. The van der Waals surface area contributed by atoms with Gasteiger partial charge in [-0.05, 0) is 25.0 Å². The predicted octanol–water partition coefficient (Wildman–Crippen LogP) is 1.48. The standard InChI is InChI=1S/C12H14F2N2O3/c13-10-4-3-9(6-11(10)14)19-16-5-1-2-8(7-16)12(17)15-18/h3-4,6,8,18H,1-2,5,7H2,(H,15,17). The summed E-state index contributed by atoms with van der Waals surface area (Å²) in [6.45, 7) is 0.861.